The molecule has 1 aromatic carbocycles. The molecule has 1 heterocycles. The summed E-state index contributed by atoms with van der Waals surface area (Å²) in [7, 11) is 0. The maximum Gasteiger partial charge on any atom is 0.195 e. The number of benzene rings is 1. The van der Waals surface area contributed by atoms with E-state index in [1.807, 2.05) is 0 Å². The fourth-order valence-corrected chi connectivity index (χ4v) is 2.29. The molecule has 3 nitrogen and oxygen atoms in total. The van der Waals surface area contributed by atoms with Gasteiger partial charge in [0.25, 0.3) is 0 Å². The standard InChI is InChI=1S/C10H8IO3P/c1-6-5-13-9-4-7(14-15-11)2-3-8(9)10(6)12/h2-5,15H,1H3. The molecule has 15 heavy (non-hydrogen) atoms. The minimum atomic E-state index is 0.0136. The lowest BCUT2D eigenvalue weighted by molar-refractivity contribution is 0.590. The van der Waals surface area contributed by atoms with Crippen LogP contribution in [0.25, 0.3) is 11.0 Å². The molecular formula is C10H8IO3P. The first-order valence-corrected chi connectivity index (χ1v) is 8.29. The fraction of sp³-hybridized carbons (Fsp3) is 0.100. The molecule has 5 heteroatoms. The Bertz CT molecular complexity index is 550. The van der Waals surface area contributed by atoms with Crippen molar-refractivity contribution in [1.29, 1.82) is 0 Å². The number of fused-ring (bicyclic) bond motifs is 1. The first-order chi connectivity index (χ1) is 7.22. The topological polar surface area (TPSA) is 39.4 Å². The van der Waals surface area contributed by atoms with Gasteiger partial charge >= 0.3 is 0 Å². The summed E-state index contributed by atoms with van der Waals surface area (Å²) in [6, 6.07) is 5.26. The van der Waals surface area contributed by atoms with E-state index in [2.05, 4.69) is 22.0 Å². The van der Waals surface area contributed by atoms with Gasteiger partial charge in [-0.25, -0.2) is 0 Å². The summed E-state index contributed by atoms with van der Waals surface area (Å²) in [5, 5.41) is 0.596. The minimum Gasteiger partial charge on any atom is -0.467 e. The Balaban J connectivity index is 2.65. The number of aryl methyl sites for hydroxylation is 1. The van der Waals surface area contributed by atoms with E-state index in [1.165, 1.54) is 6.26 Å². The summed E-state index contributed by atoms with van der Waals surface area (Å²) in [6.45, 7) is 2.09. The van der Waals surface area contributed by atoms with Crippen LogP contribution in [0.4, 0.5) is 0 Å². The molecule has 0 bridgehead atoms. The molecule has 0 N–H and O–H groups in total. The highest BCUT2D eigenvalue weighted by Crippen LogP contribution is 2.28. The molecule has 78 valence electrons. The Hall–Kier alpha value is -0.610. The quantitative estimate of drug-likeness (QED) is 0.624. The minimum absolute atomic E-state index is 0.0136. The van der Waals surface area contributed by atoms with Gasteiger partial charge in [-0.15, -0.1) is 0 Å². The van der Waals surface area contributed by atoms with Crippen LogP contribution in [-0.4, -0.2) is 0 Å². The van der Waals surface area contributed by atoms with E-state index in [0.29, 0.717) is 23.0 Å². The van der Waals surface area contributed by atoms with E-state index < -0.39 is 0 Å². The molecule has 1 unspecified atom stereocenters. The zero-order valence-electron chi connectivity index (χ0n) is 7.91. The zero-order chi connectivity index (χ0) is 10.8. The van der Waals surface area contributed by atoms with E-state index >= 15 is 0 Å². The number of hydrogen-bond acceptors (Lipinski definition) is 3. The highest BCUT2D eigenvalue weighted by molar-refractivity contribution is 14.2. The molecule has 2 rings (SSSR count). The summed E-state index contributed by atoms with van der Waals surface area (Å²) in [6.07, 6.45) is 1.47. The van der Waals surface area contributed by atoms with Crippen LogP contribution in [0.3, 0.4) is 0 Å². The molecule has 0 aliphatic rings. The van der Waals surface area contributed by atoms with Gasteiger partial charge in [-0.1, -0.05) is 0 Å². The van der Waals surface area contributed by atoms with Crippen molar-refractivity contribution >= 4 is 39.5 Å². The van der Waals surface area contributed by atoms with Gasteiger partial charge in [-0.2, -0.15) is 0 Å². The van der Waals surface area contributed by atoms with Crippen molar-refractivity contribution < 1.29 is 8.94 Å². The van der Waals surface area contributed by atoms with E-state index in [0.717, 1.165) is 5.75 Å². The second-order valence-electron chi connectivity index (χ2n) is 3.09. The Morgan fingerprint density at radius 3 is 3.00 bits per heavy atom. The van der Waals surface area contributed by atoms with Gasteiger partial charge < -0.3 is 8.94 Å². The number of halogens is 1. The molecule has 0 radical (unpaired) electrons. The summed E-state index contributed by atoms with van der Waals surface area (Å²) in [5.41, 5.74) is 1.20. The van der Waals surface area contributed by atoms with Crippen molar-refractivity contribution in [2.75, 3.05) is 0 Å². The summed E-state index contributed by atoms with van der Waals surface area (Å²) in [5.74, 6) is 0.724. The van der Waals surface area contributed by atoms with Crippen molar-refractivity contribution in [3.05, 3.63) is 40.2 Å². The second-order valence-corrected chi connectivity index (χ2v) is 4.76. The molecule has 0 saturated heterocycles. The lowest BCUT2D eigenvalue weighted by atomic mass is 10.2. The number of hydrogen-bond donors (Lipinski definition) is 0. The number of rotatable bonds is 2. The van der Waals surface area contributed by atoms with Crippen molar-refractivity contribution in [3.8, 4) is 5.75 Å². The molecule has 0 aliphatic heterocycles. The molecule has 1 atom stereocenters. The average Bonchev–Trinajstić information content (AvgIpc) is 2.24. The van der Waals surface area contributed by atoms with Gasteiger partial charge in [0, 0.05) is 11.6 Å². The second kappa shape index (κ2) is 4.49. The van der Waals surface area contributed by atoms with Gasteiger partial charge in [-0.3, -0.25) is 4.79 Å². The fourth-order valence-electron chi connectivity index (χ4n) is 1.31. The lowest BCUT2D eigenvalue weighted by Crippen LogP contribution is -2.03. The zero-order valence-corrected chi connectivity index (χ0v) is 11.1. The van der Waals surface area contributed by atoms with Crippen LogP contribution in [0.5, 0.6) is 5.75 Å². The maximum atomic E-state index is 11.7. The van der Waals surface area contributed by atoms with Crippen LogP contribution < -0.4 is 9.95 Å². The first-order valence-electron chi connectivity index (χ1n) is 4.27. The van der Waals surface area contributed by atoms with Crippen LogP contribution in [0, 0.1) is 6.92 Å². The van der Waals surface area contributed by atoms with Crippen LogP contribution in [-0.2, 0) is 0 Å². The van der Waals surface area contributed by atoms with E-state index in [4.69, 9.17) is 8.94 Å². The van der Waals surface area contributed by atoms with Crippen molar-refractivity contribution in [2.45, 2.75) is 6.92 Å². The Labute approximate surface area is 101 Å². The Morgan fingerprint density at radius 2 is 2.27 bits per heavy atom. The lowest BCUT2D eigenvalue weighted by Gasteiger charge is -2.02. The molecule has 0 fully saturated rings. The van der Waals surface area contributed by atoms with Crippen LogP contribution in [0.2, 0.25) is 0 Å². The summed E-state index contributed by atoms with van der Waals surface area (Å²) >= 11 is 2.14. The van der Waals surface area contributed by atoms with Gasteiger partial charge in [0.15, 0.2) is 5.43 Å². The van der Waals surface area contributed by atoms with E-state index in [1.54, 1.807) is 25.1 Å². The molecular weight excluding hydrogens is 326 g/mol. The molecule has 2 aromatic rings. The van der Waals surface area contributed by atoms with Gasteiger partial charge in [-0.05, 0) is 41.1 Å². The highest BCUT2D eigenvalue weighted by Gasteiger charge is 2.04. The molecule has 0 spiro atoms. The Kier molecular flexibility index (Phi) is 3.26. The predicted molar refractivity (Wildman–Crippen MR) is 70.2 cm³/mol. The highest BCUT2D eigenvalue weighted by atomic mass is 127. The van der Waals surface area contributed by atoms with Crippen LogP contribution in [0.1, 0.15) is 5.56 Å². The largest absolute Gasteiger partial charge is 0.467 e. The monoisotopic (exact) mass is 334 g/mol. The SMILES string of the molecule is Cc1coc2cc(OPI)ccc2c1=O. The maximum absolute atomic E-state index is 11.7. The third kappa shape index (κ3) is 2.16. The third-order valence-corrected chi connectivity index (χ3v) is 3.05. The summed E-state index contributed by atoms with van der Waals surface area (Å²) in [4.78, 5) is 11.7. The van der Waals surface area contributed by atoms with Gasteiger partial charge in [0.05, 0.1) is 11.6 Å². The van der Waals surface area contributed by atoms with E-state index in [-0.39, 0.29) is 5.43 Å². The van der Waals surface area contributed by atoms with Gasteiger partial charge in [0.2, 0.25) is 0 Å². The predicted octanol–water partition coefficient (Wildman–Crippen LogP) is 3.42. The van der Waals surface area contributed by atoms with E-state index in [9.17, 15) is 4.79 Å². The average molecular weight is 334 g/mol. The van der Waals surface area contributed by atoms with Gasteiger partial charge in [0.1, 0.15) is 17.8 Å². The molecule has 0 amide bonds. The molecule has 0 aliphatic carbocycles. The smallest absolute Gasteiger partial charge is 0.195 e. The van der Waals surface area contributed by atoms with Crippen LogP contribution >= 0.6 is 28.5 Å². The molecule has 1 aromatic heterocycles. The first kappa shape index (κ1) is 10.9. The normalized spacial score (nSPS) is 11.3. The third-order valence-electron chi connectivity index (χ3n) is 2.07. The Morgan fingerprint density at radius 1 is 1.47 bits per heavy atom. The van der Waals surface area contributed by atoms with Crippen molar-refractivity contribution in [2.24, 2.45) is 0 Å². The van der Waals surface area contributed by atoms with Crippen molar-refractivity contribution in [3.63, 3.8) is 0 Å². The van der Waals surface area contributed by atoms with Crippen molar-refractivity contribution in [1.82, 2.24) is 0 Å². The molecule has 0 saturated carbocycles. The van der Waals surface area contributed by atoms with Crippen LogP contribution in [0.15, 0.2) is 33.7 Å². The summed E-state index contributed by atoms with van der Waals surface area (Å²) < 4.78 is 10.7.